The minimum atomic E-state index is -1.03. The summed E-state index contributed by atoms with van der Waals surface area (Å²) in [7, 11) is 0. The van der Waals surface area contributed by atoms with Gasteiger partial charge in [0, 0.05) is 11.0 Å². The fraction of sp³-hybridized carbons (Fsp3) is 0.0833. The number of H-pyrrole nitrogens is 1. The molecular formula is C12H11N3O3S. The molecule has 2 rings (SSSR count). The maximum atomic E-state index is 11.3. The highest BCUT2D eigenvalue weighted by atomic mass is 32.2. The van der Waals surface area contributed by atoms with Crippen LogP contribution in [0.3, 0.4) is 0 Å². The molecule has 0 saturated carbocycles. The predicted octanol–water partition coefficient (Wildman–Crippen LogP) is 1.51. The van der Waals surface area contributed by atoms with E-state index in [0.29, 0.717) is 4.90 Å². The van der Waals surface area contributed by atoms with Crippen molar-refractivity contribution >= 4 is 23.5 Å². The molecule has 0 aliphatic carbocycles. The van der Waals surface area contributed by atoms with E-state index in [1.54, 1.807) is 18.2 Å². The number of hydrogen-bond acceptors (Lipinski definition) is 5. The summed E-state index contributed by atoms with van der Waals surface area (Å²) in [6.07, 6.45) is 0. The van der Waals surface area contributed by atoms with Crippen LogP contribution in [-0.4, -0.2) is 21.0 Å². The van der Waals surface area contributed by atoms with Crippen LogP contribution in [0.1, 0.15) is 15.9 Å². The van der Waals surface area contributed by atoms with E-state index in [1.165, 1.54) is 0 Å². The standard InChI is InChI=1S/C12H11N3O3S/c1-6-2-3-8(7(4-6)11(17)18)19-12-14-9(13)5-10(16)15-12/h2-5H,1H3,(H,17,18)(H3,13,14,15,16). The number of benzene rings is 1. The van der Waals surface area contributed by atoms with Crippen LogP contribution in [0.4, 0.5) is 5.82 Å². The molecule has 0 aliphatic heterocycles. The summed E-state index contributed by atoms with van der Waals surface area (Å²) in [6, 6.07) is 6.19. The van der Waals surface area contributed by atoms with Gasteiger partial charge in [0.25, 0.3) is 5.56 Å². The molecule has 1 heterocycles. The third kappa shape index (κ3) is 3.14. The fourth-order valence-electron chi connectivity index (χ4n) is 1.51. The van der Waals surface area contributed by atoms with Gasteiger partial charge in [0.2, 0.25) is 0 Å². The maximum Gasteiger partial charge on any atom is 0.336 e. The molecule has 7 heteroatoms. The van der Waals surface area contributed by atoms with E-state index >= 15 is 0 Å². The van der Waals surface area contributed by atoms with Crippen molar-refractivity contribution in [2.24, 2.45) is 0 Å². The first-order chi connectivity index (χ1) is 8.95. The van der Waals surface area contributed by atoms with Gasteiger partial charge in [0.05, 0.1) is 5.56 Å². The Morgan fingerprint density at radius 1 is 1.42 bits per heavy atom. The van der Waals surface area contributed by atoms with Crippen molar-refractivity contribution < 1.29 is 9.90 Å². The van der Waals surface area contributed by atoms with Crippen molar-refractivity contribution in [3.63, 3.8) is 0 Å². The van der Waals surface area contributed by atoms with Crippen LogP contribution >= 0.6 is 11.8 Å². The first-order valence-electron chi connectivity index (χ1n) is 5.34. The number of aromatic nitrogens is 2. The molecule has 4 N–H and O–H groups in total. The van der Waals surface area contributed by atoms with E-state index in [1.807, 2.05) is 6.92 Å². The minimum absolute atomic E-state index is 0.0928. The molecule has 1 aromatic heterocycles. The van der Waals surface area contributed by atoms with Crippen molar-refractivity contribution in [1.82, 2.24) is 9.97 Å². The number of aryl methyl sites for hydroxylation is 1. The molecule has 0 fully saturated rings. The number of carbonyl (C=O) groups is 1. The number of rotatable bonds is 3. The van der Waals surface area contributed by atoms with Crippen molar-refractivity contribution in [3.05, 3.63) is 45.7 Å². The highest BCUT2D eigenvalue weighted by molar-refractivity contribution is 7.99. The van der Waals surface area contributed by atoms with Crippen molar-refractivity contribution in [2.45, 2.75) is 17.0 Å². The second-order valence-corrected chi connectivity index (χ2v) is 4.91. The number of carboxylic acid groups (broad SMARTS) is 1. The summed E-state index contributed by atoms with van der Waals surface area (Å²) in [4.78, 5) is 29.4. The Balaban J connectivity index is 2.43. The monoisotopic (exact) mass is 277 g/mol. The molecule has 19 heavy (non-hydrogen) atoms. The molecule has 6 nitrogen and oxygen atoms in total. The van der Waals surface area contributed by atoms with Gasteiger partial charge in [-0.15, -0.1) is 0 Å². The summed E-state index contributed by atoms with van der Waals surface area (Å²) >= 11 is 1.05. The number of nitrogens with one attached hydrogen (secondary N) is 1. The van der Waals surface area contributed by atoms with Crippen LogP contribution in [-0.2, 0) is 0 Å². The van der Waals surface area contributed by atoms with Crippen molar-refractivity contribution in [3.8, 4) is 0 Å². The summed E-state index contributed by atoms with van der Waals surface area (Å²) in [5, 5.41) is 9.41. The van der Waals surface area contributed by atoms with Gasteiger partial charge < -0.3 is 15.8 Å². The molecule has 1 aromatic carbocycles. The zero-order valence-electron chi connectivity index (χ0n) is 10.0. The lowest BCUT2D eigenvalue weighted by Crippen LogP contribution is -2.09. The molecule has 0 bridgehead atoms. The molecule has 0 saturated heterocycles. The van der Waals surface area contributed by atoms with Crippen LogP contribution in [0.25, 0.3) is 0 Å². The quantitative estimate of drug-likeness (QED) is 0.734. The van der Waals surface area contributed by atoms with Gasteiger partial charge in [-0.1, -0.05) is 23.4 Å². The van der Waals surface area contributed by atoms with E-state index in [-0.39, 0.29) is 22.1 Å². The second kappa shape index (κ2) is 5.15. The summed E-state index contributed by atoms with van der Waals surface area (Å²) in [5.74, 6) is -0.937. The SMILES string of the molecule is Cc1ccc(Sc2nc(N)cc(=O)[nH]2)c(C(=O)O)c1. The molecule has 2 aromatic rings. The maximum absolute atomic E-state index is 11.3. The van der Waals surface area contributed by atoms with Crippen LogP contribution in [0.2, 0.25) is 0 Å². The van der Waals surface area contributed by atoms with E-state index < -0.39 is 5.97 Å². The lowest BCUT2D eigenvalue weighted by molar-refractivity contribution is 0.0693. The summed E-state index contributed by atoms with van der Waals surface area (Å²) in [5.41, 5.74) is 6.10. The number of carboxylic acids is 1. The second-order valence-electron chi connectivity index (χ2n) is 3.88. The predicted molar refractivity (Wildman–Crippen MR) is 71.5 cm³/mol. The number of anilines is 1. The Kier molecular flexibility index (Phi) is 3.57. The smallest absolute Gasteiger partial charge is 0.336 e. The first-order valence-corrected chi connectivity index (χ1v) is 6.16. The molecule has 0 radical (unpaired) electrons. The fourth-order valence-corrected chi connectivity index (χ4v) is 2.41. The zero-order valence-corrected chi connectivity index (χ0v) is 10.8. The Hall–Kier alpha value is -2.28. The van der Waals surface area contributed by atoms with Gasteiger partial charge in [-0.3, -0.25) is 4.79 Å². The average Bonchev–Trinajstić information content (AvgIpc) is 2.30. The molecule has 0 amide bonds. The van der Waals surface area contributed by atoms with Crippen LogP contribution in [0.15, 0.2) is 39.1 Å². The number of nitrogens with two attached hydrogens (primary N) is 1. The number of aromatic carboxylic acids is 1. The van der Waals surface area contributed by atoms with Gasteiger partial charge in [-0.25, -0.2) is 9.78 Å². The van der Waals surface area contributed by atoms with Crippen LogP contribution < -0.4 is 11.3 Å². The normalized spacial score (nSPS) is 10.4. The van der Waals surface area contributed by atoms with Crippen LogP contribution in [0, 0.1) is 6.92 Å². The van der Waals surface area contributed by atoms with Gasteiger partial charge in [-0.05, 0) is 19.1 Å². The number of aromatic amines is 1. The number of hydrogen-bond donors (Lipinski definition) is 3. The highest BCUT2D eigenvalue weighted by Crippen LogP contribution is 2.28. The van der Waals surface area contributed by atoms with Crippen molar-refractivity contribution in [2.75, 3.05) is 5.73 Å². The Morgan fingerprint density at radius 2 is 2.16 bits per heavy atom. The lowest BCUT2D eigenvalue weighted by Gasteiger charge is -2.06. The topological polar surface area (TPSA) is 109 Å². The molecule has 0 aliphatic rings. The minimum Gasteiger partial charge on any atom is -0.478 e. The highest BCUT2D eigenvalue weighted by Gasteiger charge is 2.12. The molecule has 0 atom stereocenters. The Morgan fingerprint density at radius 3 is 2.79 bits per heavy atom. The van der Waals surface area contributed by atoms with E-state index in [0.717, 1.165) is 23.4 Å². The van der Waals surface area contributed by atoms with Gasteiger partial charge in [0.1, 0.15) is 5.82 Å². The summed E-state index contributed by atoms with van der Waals surface area (Å²) in [6.45, 7) is 1.81. The average molecular weight is 277 g/mol. The third-order valence-electron chi connectivity index (χ3n) is 2.31. The van der Waals surface area contributed by atoms with Gasteiger partial charge in [-0.2, -0.15) is 0 Å². The third-order valence-corrected chi connectivity index (χ3v) is 3.27. The van der Waals surface area contributed by atoms with Crippen LogP contribution in [0.5, 0.6) is 0 Å². The Bertz CT molecular complexity index is 697. The first kappa shape index (κ1) is 13.2. The Labute approximate surface area is 112 Å². The number of nitrogens with zero attached hydrogens (tertiary/aromatic N) is 1. The van der Waals surface area contributed by atoms with E-state index in [2.05, 4.69) is 9.97 Å². The van der Waals surface area contributed by atoms with Gasteiger partial charge >= 0.3 is 5.97 Å². The lowest BCUT2D eigenvalue weighted by atomic mass is 10.1. The molecule has 0 spiro atoms. The molecule has 98 valence electrons. The van der Waals surface area contributed by atoms with Gasteiger partial charge in [0.15, 0.2) is 5.16 Å². The zero-order chi connectivity index (χ0) is 14.0. The molecule has 0 unspecified atom stereocenters. The summed E-state index contributed by atoms with van der Waals surface area (Å²) < 4.78 is 0. The van der Waals surface area contributed by atoms with E-state index in [4.69, 9.17) is 10.8 Å². The largest absolute Gasteiger partial charge is 0.478 e. The van der Waals surface area contributed by atoms with E-state index in [9.17, 15) is 9.59 Å². The number of nitrogen functional groups attached to an aromatic ring is 1. The molecular weight excluding hydrogens is 266 g/mol. The van der Waals surface area contributed by atoms with Crippen molar-refractivity contribution in [1.29, 1.82) is 0 Å².